The van der Waals surface area contributed by atoms with Gasteiger partial charge in [0.15, 0.2) is 0 Å². The van der Waals surface area contributed by atoms with Crippen LogP contribution in [0.3, 0.4) is 0 Å². The fourth-order valence-corrected chi connectivity index (χ4v) is 3.28. The molecule has 0 spiro atoms. The zero-order chi connectivity index (χ0) is 22.7. The summed E-state index contributed by atoms with van der Waals surface area (Å²) in [7, 11) is 0. The molecule has 0 atom stereocenters. The third-order valence-corrected chi connectivity index (χ3v) is 5.09. The van der Waals surface area contributed by atoms with Crippen LogP contribution >= 0.6 is 0 Å². The van der Waals surface area contributed by atoms with E-state index in [4.69, 9.17) is 9.47 Å². The third-order valence-electron chi connectivity index (χ3n) is 5.09. The number of carbonyl (C=O) groups is 3. The molecule has 6 nitrogen and oxygen atoms in total. The zero-order valence-electron chi connectivity index (χ0n) is 19.3. The highest BCUT2D eigenvalue weighted by Crippen LogP contribution is 2.17. The average molecular weight is 434 g/mol. The quantitative estimate of drug-likeness (QED) is 0.167. The van der Waals surface area contributed by atoms with Crippen molar-refractivity contribution in [2.24, 2.45) is 0 Å². The van der Waals surface area contributed by atoms with Gasteiger partial charge in [-0.05, 0) is 31.0 Å². The van der Waals surface area contributed by atoms with E-state index < -0.39 is 11.9 Å². The second-order valence-corrected chi connectivity index (χ2v) is 7.87. The van der Waals surface area contributed by atoms with E-state index in [0.29, 0.717) is 25.3 Å². The Labute approximate surface area is 187 Å². The van der Waals surface area contributed by atoms with Crippen molar-refractivity contribution >= 4 is 24.0 Å². The number of benzene rings is 1. The smallest absolute Gasteiger partial charge is 0.338 e. The lowest BCUT2D eigenvalue weighted by molar-refractivity contribution is -0.105. The molecule has 0 unspecified atom stereocenters. The Morgan fingerprint density at radius 1 is 0.710 bits per heavy atom. The molecule has 1 aromatic rings. The van der Waals surface area contributed by atoms with Crippen molar-refractivity contribution in [1.29, 1.82) is 0 Å². The summed E-state index contributed by atoms with van der Waals surface area (Å²) in [4.78, 5) is 35.6. The zero-order valence-corrected chi connectivity index (χ0v) is 19.3. The summed E-state index contributed by atoms with van der Waals surface area (Å²) < 4.78 is 10.7. The van der Waals surface area contributed by atoms with Crippen molar-refractivity contribution in [3.8, 4) is 0 Å². The molecule has 6 heteroatoms. The SMILES string of the molecule is CCCCCCCCOC(=O)c1cc(NC=O)cc(C(=O)OCCCCCCCC)c1. The van der Waals surface area contributed by atoms with E-state index in [1.165, 1.54) is 56.7 Å². The van der Waals surface area contributed by atoms with Crippen molar-refractivity contribution in [2.75, 3.05) is 18.5 Å². The first-order valence-corrected chi connectivity index (χ1v) is 11.8. The highest BCUT2D eigenvalue weighted by molar-refractivity contribution is 5.97. The summed E-state index contributed by atoms with van der Waals surface area (Å²) in [6, 6.07) is 4.47. The van der Waals surface area contributed by atoms with E-state index in [1.807, 2.05) is 0 Å². The van der Waals surface area contributed by atoms with Crippen LogP contribution in [-0.2, 0) is 14.3 Å². The fourth-order valence-electron chi connectivity index (χ4n) is 3.28. The molecule has 1 rings (SSSR count). The van der Waals surface area contributed by atoms with Crippen molar-refractivity contribution in [2.45, 2.75) is 90.9 Å². The molecule has 1 N–H and O–H groups in total. The predicted molar refractivity (Wildman–Crippen MR) is 123 cm³/mol. The van der Waals surface area contributed by atoms with Gasteiger partial charge in [-0.25, -0.2) is 9.59 Å². The first kappa shape index (κ1) is 26.7. The van der Waals surface area contributed by atoms with Crippen LogP contribution in [0.5, 0.6) is 0 Å². The highest BCUT2D eigenvalue weighted by atomic mass is 16.5. The first-order valence-electron chi connectivity index (χ1n) is 11.8. The van der Waals surface area contributed by atoms with Gasteiger partial charge in [0, 0.05) is 5.69 Å². The van der Waals surface area contributed by atoms with Crippen LogP contribution < -0.4 is 5.32 Å². The number of hydrogen-bond acceptors (Lipinski definition) is 5. The number of esters is 2. The lowest BCUT2D eigenvalue weighted by Crippen LogP contribution is -2.12. The van der Waals surface area contributed by atoms with Crippen molar-refractivity contribution < 1.29 is 23.9 Å². The number of hydrogen-bond donors (Lipinski definition) is 1. The van der Waals surface area contributed by atoms with Gasteiger partial charge in [0.1, 0.15) is 0 Å². The predicted octanol–water partition coefficient (Wildman–Crippen LogP) is 6.29. The standard InChI is InChI=1S/C25H39NO5/c1-3-5-7-9-11-13-15-30-24(28)21-17-22(19-23(18-21)26-20-27)25(29)31-16-14-12-10-8-6-4-2/h17-20H,3-16H2,1-2H3,(H,26,27). The Morgan fingerprint density at radius 3 is 1.55 bits per heavy atom. The van der Waals surface area contributed by atoms with Gasteiger partial charge in [0.05, 0.1) is 24.3 Å². The van der Waals surface area contributed by atoms with Gasteiger partial charge in [-0.2, -0.15) is 0 Å². The lowest BCUT2D eigenvalue weighted by atomic mass is 10.1. The Balaban J connectivity index is 2.54. The second kappa shape index (κ2) is 17.3. The minimum Gasteiger partial charge on any atom is -0.462 e. The molecule has 0 bridgehead atoms. The maximum Gasteiger partial charge on any atom is 0.338 e. The van der Waals surface area contributed by atoms with Gasteiger partial charge < -0.3 is 14.8 Å². The van der Waals surface area contributed by atoms with Crippen LogP contribution in [0, 0.1) is 0 Å². The van der Waals surface area contributed by atoms with Crippen LogP contribution in [0.2, 0.25) is 0 Å². The molecule has 0 saturated carbocycles. The summed E-state index contributed by atoms with van der Waals surface area (Å²) >= 11 is 0. The van der Waals surface area contributed by atoms with Crippen molar-refractivity contribution in [1.82, 2.24) is 0 Å². The minimum atomic E-state index is -0.506. The molecular weight excluding hydrogens is 394 g/mol. The Kier molecular flexibility index (Phi) is 14.9. The molecule has 0 saturated heterocycles. The number of amides is 1. The molecule has 1 aromatic carbocycles. The summed E-state index contributed by atoms with van der Waals surface area (Å²) in [5, 5.41) is 2.49. The molecule has 1 amide bonds. The van der Waals surface area contributed by atoms with E-state index >= 15 is 0 Å². The van der Waals surface area contributed by atoms with Gasteiger partial charge in [0.2, 0.25) is 6.41 Å². The van der Waals surface area contributed by atoms with Crippen molar-refractivity contribution in [3.05, 3.63) is 29.3 Å². The number of carbonyl (C=O) groups excluding carboxylic acids is 3. The van der Waals surface area contributed by atoms with Gasteiger partial charge in [-0.3, -0.25) is 4.79 Å². The number of nitrogens with one attached hydrogen (secondary N) is 1. The normalized spacial score (nSPS) is 10.5. The van der Waals surface area contributed by atoms with Crippen LogP contribution in [-0.4, -0.2) is 31.6 Å². The van der Waals surface area contributed by atoms with Crippen molar-refractivity contribution in [3.63, 3.8) is 0 Å². The van der Waals surface area contributed by atoms with Crippen LogP contribution in [0.15, 0.2) is 18.2 Å². The molecule has 0 heterocycles. The van der Waals surface area contributed by atoms with E-state index in [-0.39, 0.29) is 11.1 Å². The van der Waals surface area contributed by atoms with E-state index in [1.54, 1.807) is 0 Å². The second-order valence-electron chi connectivity index (χ2n) is 7.87. The number of rotatable bonds is 18. The molecule has 0 radical (unpaired) electrons. The molecular formula is C25H39NO5. The summed E-state index contributed by atoms with van der Waals surface area (Å²) in [5.74, 6) is -1.01. The van der Waals surface area contributed by atoms with Gasteiger partial charge in [-0.15, -0.1) is 0 Å². The Hall–Kier alpha value is -2.37. The monoisotopic (exact) mass is 433 g/mol. The summed E-state index contributed by atoms with van der Waals surface area (Å²) in [5.41, 5.74) is 0.809. The minimum absolute atomic E-state index is 0.226. The van der Waals surface area contributed by atoms with Crippen LogP contribution in [0.4, 0.5) is 5.69 Å². The molecule has 0 fully saturated rings. The van der Waals surface area contributed by atoms with Gasteiger partial charge in [-0.1, -0.05) is 78.1 Å². The molecule has 0 aliphatic heterocycles. The number of unbranched alkanes of at least 4 members (excludes halogenated alkanes) is 10. The first-order chi connectivity index (χ1) is 15.1. The molecule has 0 aliphatic rings. The topological polar surface area (TPSA) is 81.7 Å². The Morgan fingerprint density at radius 2 is 1.13 bits per heavy atom. The van der Waals surface area contributed by atoms with Gasteiger partial charge >= 0.3 is 11.9 Å². The van der Waals surface area contributed by atoms with E-state index in [2.05, 4.69) is 19.2 Å². The average Bonchev–Trinajstić information content (AvgIpc) is 2.77. The van der Waals surface area contributed by atoms with Gasteiger partial charge in [0.25, 0.3) is 0 Å². The highest BCUT2D eigenvalue weighted by Gasteiger charge is 2.15. The Bertz CT molecular complexity index is 611. The van der Waals surface area contributed by atoms with Crippen LogP contribution in [0.25, 0.3) is 0 Å². The number of anilines is 1. The summed E-state index contributed by atoms with van der Waals surface area (Å²) in [6.45, 7) is 5.03. The largest absolute Gasteiger partial charge is 0.462 e. The fraction of sp³-hybridized carbons (Fsp3) is 0.640. The van der Waals surface area contributed by atoms with Crippen LogP contribution in [0.1, 0.15) is 112 Å². The summed E-state index contributed by atoms with van der Waals surface area (Å²) in [6.07, 6.45) is 13.7. The molecule has 174 valence electrons. The lowest BCUT2D eigenvalue weighted by Gasteiger charge is -2.10. The van der Waals surface area contributed by atoms with E-state index in [0.717, 1.165) is 38.5 Å². The van der Waals surface area contributed by atoms with E-state index in [9.17, 15) is 14.4 Å². The molecule has 0 aromatic heterocycles. The maximum atomic E-state index is 12.4. The molecule has 31 heavy (non-hydrogen) atoms. The molecule has 0 aliphatic carbocycles. The maximum absolute atomic E-state index is 12.4. The third kappa shape index (κ3) is 12.2. The number of ether oxygens (including phenoxy) is 2.